The molecule has 2 heterocycles. The van der Waals surface area contributed by atoms with E-state index in [-0.39, 0.29) is 18.4 Å². The van der Waals surface area contributed by atoms with Crippen molar-refractivity contribution in [1.29, 1.82) is 0 Å². The number of carbonyl (C=O) groups excluding carboxylic acids is 2. The molecule has 3 aliphatic rings. The van der Waals surface area contributed by atoms with E-state index in [1.54, 1.807) is 6.92 Å². The molecule has 2 bridgehead atoms. The van der Waals surface area contributed by atoms with Gasteiger partial charge in [0.25, 0.3) is 5.91 Å². The summed E-state index contributed by atoms with van der Waals surface area (Å²) in [5.41, 5.74) is -1.03. The predicted octanol–water partition coefficient (Wildman–Crippen LogP) is 2.88. The number of esters is 1. The molecule has 4 atom stereocenters. The summed E-state index contributed by atoms with van der Waals surface area (Å²) < 4.78 is 11.6. The van der Waals surface area contributed by atoms with Gasteiger partial charge in [-0.25, -0.2) is 4.79 Å². The summed E-state index contributed by atoms with van der Waals surface area (Å²) in [4.78, 5) is 27.7. The first-order chi connectivity index (χ1) is 12.0. The van der Waals surface area contributed by atoms with Gasteiger partial charge in [-0.15, -0.1) is 0 Å². The molecule has 3 fully saturated rings. The van der Waals surface area contributed by atoms with Crippen molar-refractivity contribution in [1.82, 2.24) is 4.90 Å². The highest BCUT2D eigenvalue weighted by atomic mass is 16.6. The number of hydrogen-bond donors (Lipinski definition) is 0. The molecule has 1 aliphatic carbocycles. The van der Waals surface area contributed by atoms with Crippen molar-refractivity contribution in [2.75, 3.05) is 6.61 Å². The molecule has 1 aromatic rings. The fourth-order valence-corrected chi connectivity index (χ4v) is 4.89. The molecule has 5 nitrogen and oxygen atoms in total. The molecule has 5 heteroatoms. The maximum absolute atomic E-state index is 13.3. The van der Waals surface area contributed by atoms with Crippen LogP contribution in [0.3, 0.4) is 0 Å². The number of rotatable bonds is 4. The van der Waals surface area contributed by atoms with Crippen LogP contribution in [0, 0.1) is 11.8 Å². The third kappa shape index (κ3) is 2.32. The third-order valence-electron chi connectivity index (χ3n) is 6.01. The lowest BCUT2D eigenvalue weighted by Crippen LogP contribution is -2.58. The Kier molecular flexibility index (Phi) is 3.87. The van der Waals surface area contributed by atoms with Gasteiger partial charge in [-0.2, -0.15) is 0 Å². The number of hydrogen-bond acceptors (Lipinski definition) is 4. The Morgan fingerprint density at radius 2 is 2.04 bits per heavy atom. The summed E-state index contributed by atoms with van der Waals surface area (Å²) in [7, 11) is 0. The second-order valence-corrected chi connectivity index (χ2v) is 7.66. The van der Waals surface area contributed by atoms with E-state index in [9.17, 15) is 9.59 Å². The Labute approximate surface area is 148 Å². The maximum atomic E-state index is 13.3. The average Bonchev–Trinajstić information content (AvgIpc) is 3.06. The Hall–Kier alpha value is -1.88. The van der Waals surface area contributed by atoms with Crippen LogP contribution in [0.4, 0.5) is 0 Å². The summed E-state index contributed by atoms with van der Waals surface area (Å²) in [6, 6.07) is 9.91. The lowest BCUT2D eigenvalue weighted by atomic mass is 9.71. The molecule has 0 radical (unpaired) electrons. The normalized spacial score (nSPS) is 36.4. The standard InChI is InChI=1S/C20H25NO4/c1-3-24-18(23)19-12-16-10-9-14(2)11-20(16,25-19)21(17(19)22)13-15-7-5-4-6-8-15/h4-8,14,16H,3,9-13H2,1-2H3/t14-,16-,19+,20+/m1/s1. The van der Waals surface area contributed by atoms with Gasteiger partial charge in [0.15, 0.2) is 0 Å². The van der Waals surface area contributed by atoms with E-state index >= 15 is 0 Å². The van der Waals surface area contributed by atoms with E-state index in [0.717, 1.165) is 24.8 Å². The summed E-state index contributed by atoms with van der Waals surface area (Å²) in [5.74, 6) is -0.0647. The molecule has 4 rings (SSSR count). The molecule has 1 amide bonds. The number of carbonyl (C=O) groups is 2. The first kappa shape index (κ1) is 16.6. The highest BCUT2D eigenvalue weighted by molar-refractivity contribution is 6.08. The zero-order chi connectivity index (χ0) is 17.7. The quantitative estimate of drug-likeness (QED) is 0.623. The zero-order valence-electron chi connectivity index (χ0n) is 14.9. The first-order valence-electron chi connectivity index (χ1n) is 9.25. The smallest absolute Gasteiger partial charge is 0.348 e. The molecule has 1 saturated carbocycles. The van der Waals surface area contributed by atoms with Crippen molar-refractivity contribution in [3.63, 3.8) is 0 Å². The van der Waals surface area contributed by atoms with Gasteiger partial charge in [-0.3, -0.25) is 4.79 Å². The van der Waals surface area contributed by atoms with Gasteiger partial charge < -0.3 is 14.4 Å². The number of ether oxygens (including phenoxy) is 2. The predicted molar refractivity (Wildman–Crippen MR) is 91.3 cm³/mol. The summed E-state index contributed by atoms with van der Waals surface area (Å²) in [6.45, 7) is 4.69. The molecular formula is C20H25NO4. The van der Waals surface area contributed by atoms with E-state index in [2.05, 4.69) is 6.92 Å². The van der Waals surface area contributed by atoms with E-state index in [1.807, 2.05) is 35.2 Å². The van der Waals surface area contributed by atoms with E-state index in [0.29, 0.717) is 18.9 Å². The minimum atomic E-state index is -1.43. The molecule has 1 aromatic carbocycles. The molecule has 134 valence electrons. The van der Waals surface area contributed by atoms with Gasteiger partial charge in [0.05, 0.1) is 6.61 Å². The fourth-order valence-electron chi connectivity index (χ4n) is 4.89. The fraction of sp³-hybridized carbons (Fsp3) is 0.600. The van der Waals surface area contributed by atoms with Gasteiger partial charge in [-0.05, 0) is 31.2 Å². The van der Waals surface area contributed by atoms with Crippen molar-refractivity contribution in [2.45, 2.75) is 57.4 Å². The second-order valence-electron chi connectivity index (χ2n) is 7.66. The van der Waals surface area contributed by atoms with Crippen LogP contribution in [-0.2, 0) is 25.6 Å². The Morgan fingerprint density at radius 1 is 1.28 bits per heavy atom. The number of amides is 1. The van der Waals surface area contributed by atoms with Crippen molar-refractivity contribution in [2.24, 2.45) is 11.8 Å². The van der Waals surface area contributed by atoms with Gasteiger partial charge in [0.1, 0.15) is 5.72 Å². The van der Waals surface area contributed by atoms with Crippen LogP contribution >= 0.6 is 0 Å². The number of benzene rings is 1. The van der Waals surface area contributed by atoms with Gasteiger partial charge in [-0.1, -0.05) is 43.7 Å². The molecule has 1 spiro atoms. The summed E-state index contributed by atoms with van der Waals surface area (Å²) >= 11 is 0. The minimum Gasteiger partial charge on any atom is -0.463 e. The average molecular weight is 343 g/mol. The van der Waals surface area contributed by atoms with Crippen LogP contribution in [-0.4, -0.2) is 34.7 Å². The van der Waals surface area contributed by atoms with Crippen LogP contribution in [0.15, 0.2) is 30.3 Å². The molecule has 2 aliphatic heterocycles. The van der Waals surface area contributed by atoms with Gasteiger partial charge in [0.2, 0.25) is 5.60 Å². The highest BCUT2D eigenvalue weighted by Gasteiger charge is 2.74. The molecule has 2 saturated heterocycles. The molecule has 0 aromatic heterocycles. The number of piperidine rings is 1. The second kappa shape index (κ2) is 5.84. The maximum Gasteiger partial charge on any atom is 0.348 e. The zero-order valence-corrected chi connectivity index (χ0v) is 14.9. The van der Waals surface area contributed by atoms with Crippen molar-refractivity contribution in [3.8, 4) is 0 Å². The monoisotopic (exact) mass is 343 g/mol. The Bertz CT molecular complexity index is 690. The first-order valence-corrected chi connectivity index (χ1v) is 9.25. The van der Waals surface area contributed by atoms with Crippen LogP contribution in [0.1, 0.15) is 45.1 Å². The molecule has 0 unspecified atom stereocenters. The molecule has 0 N–H and O–H groups in total. The minimum absolute atomic E-state index is 0.203. The van der Waals surface area contributed by atoms with Crippen LogP contribution < -0.4 is 0 Å². The Balaban J connectivity index is 1.73. The Morgan fingerprint density at radius 3 is 2.76 bits per heavy atom. The van der Waals surface area contributed by atoms with Crippen LogP contribution in [0.5, 0.6) is 0 Å². The largest absolute Gasteiger partial charge is 0.463 e. The highest BCUT2D eigenvalue weighted by Crippen LogP contribution is 2.59. The third-order valence-corrected chi connectivity index (χ3v) is 6.01. The van der Waals surface area contributed by atoms with E-state index < -0.39 is 17.3 Å². The SMILES string of the molecule is CCOC(=O)[C@@]12C[C@H]3CC[C@@H](C)C[C@@]3(O1)N(Cc1ccccc1)C2=O. The topological polar surface area (TPSA) is 55.8 Å². The van der Waals surface area contributed by atoms with Gasteiger partial charge in [0, 0.05) is 18.9 Å². The van der Waals surface area contributed by atoms with Crippen LogP contribution in [0.25, 0.3) is 0 Å². The van der Waals surface area contributed by atoms with E-state index in [4.69, 9.17) is 9.47 Å². The van der Waals surface area contributed by atoms with Crippen molar-refractivity contribution in [3.05, 3.63) is 35.9 Å². The van der Waals surface area contributed by atoms with Gasteiger partial charge >= 0.3 is 5.97 Å². The van der Waals surface area contributed by atoms with Crippen LogP contribution in [0.2, 0.25) is 0 Å². The number of fused-ring (bicyclic) bond motifs is 1. The van der Waals surface area contributed by atoms with Crippen molar-refractivity contribution >= 4 is 11.9 Å². The molecular weight excluding hydrogens is 318 g/mol. The molecule has 25 heavy (non-hydrogen) atoms. The van der Waals surface area contributed by atoms with Crippen molar-refractivity contribution < 1.29 is 19.1 Å². The number of nitrogens with zero attached hydrogens (tertiary/aromatic N) is 1. The summed E-state index contributed by atoms with van der Waals surface area (Å²) in [6.07, 6.45) is 3.35. The summed E-state index contributed by atoms with van der Waals surface area (Å²) in [5, 5.41) is 0. The number of likely N-dealkylation sites (tertiary alicyclic amines) is 1. The lowest BCUT2D eigenvalue weighted by Gasteiger charge is -2.46. The van der Waals surface area contributed by atoms with E-state index in [1.165, 1.54) is 0 Å². The lowest BCUT2D eigenvalue weighted by molar-refractivity contribution is -0.176.